The molecule has 0 spiro atoms. The molecule has 0 aromatic heterocycles. The maximum absolute atomic E-state index is 12.3. The molecular weight excluding hydrogens is 245 g/mol. The van der Waals surface area contributed by atoms with E-state index in [-0.39, 0.29) is 5.54 Å². The van der Waals surface area contributed by atoms with Gasteiger partial charge in [-0.15, -0.1) is 0 Å². The van der Waals surface area contributed by atoms with Crippen LogP contribution in [-0.2, 0) is 4.79 Å². The van der Waals surface area contributed by atoms with Crippen LogP contribution in [0.4, 0.5) is 13.2 Å². The SMILES string of the molecule is CCC1(NC(=O)C(F)(F)F)CCN(C(C)(C)C)C1. The first-order chi connectivity index (χ1) is 8.00. The van der Waals surface area contributed by atoms with E-state index in [9.17, 15) is 18.0 Å². The van der Waals surface area contributed by atoms with E-state index in [1.165, 1.54) is 0 Å². The summed E-state index contributed by atoms with van der Waals surface area (Å²) in [6, 6.07) is 0. The largest absolute Gasteiger partial charge is 0.471 e. The number of carbonyl (C=O) groups is 1. The van der Waals surface area contributed by atoms with Gasteiger partial charge in [-0.05, 0) is 33.6 Å². The van der Waals surface area contributed by atoms with Gasteiger partial charge in [-0.25, -0.2) is 0 Å². The normalized spacial score (nSPS) is 26.4. The van der Waals surface area contributed by atoms with Crippen LogP contribution in [0.1, 0.15) is 40.5 Å². The highest BCUT2D eigenvalue weighted by atomic mass is 19.4. The van der Waals surface area contributed by atoms with Crippen LogP contribution in [0.15, 0.2) is 0 Å². The number of amides is 1. The third kappa shape index (κ3) is 3.37. The smallest absolute Gasteiger partial charge is 0.342 e. The summed E-state index contributed by atoms with van der Waals surface area (Å²) in [5.41, 5.74) is -0.847. The molecule has 3 nitrogen and oxygen atoms in total. The fourth-order valence-electron chi connectivity index (χ4n) is 2.24. The van der Waals surface area contributed by atoms with Crippen LogP contribution in [0.2, 0.25) is 0 Å². The lowest BCUT2D eigenvalue weighted by Crippen LogP contribution is -2.55. The van der Waals surface area contributed by atoms with E-state index in [1.54, 1.807) is 0 Å². The molecule has 1 atom stereocenters. The molecule has 1 aliphatic rings. The van der Waals surface area contributed by atoms with E-state index in [0.717, 1.165) is 0 Å². The van der Waals surface area contributed by atoms with Crippen LogP contribution in [0.5, 0.6) is 0 Å². The zero-order valence-electron chi connectivity index (χ0n) is 11.3. The topological polar surface area (TPSA) is 32.3 Å². The second-order valence-corrected chi connectivity index (χ2v) is 5.93. The van der Waals surface area contributed by atoms with E-state index < -0.39 is 17.6 Å². The zero-order valence-corrected chi connectivity index (χ0v) is 11.3. The monoisotopic (exact) mass is 266 g/mol. The fraction of sp³-hybridized carbons (Fsp3) is 0.917. The van der Waals surface area contributed by atoms with Gasteiger partial charge in [-0.3, -0.25) is 9.69 Å². The molecule has 0 bridgehead atoms. The Labute approximate surface area is 106 Å². The first kappa shape index (κ1) is 15.3. The average molecular weight is 266 g/mol. The fourth-order valence-corrected chi connectivity index (χ4v) is 2.24. The van der Waals surface area contributed by atoms with Crippen LogP contribution >= 0.6 is 0 Å². The molecule has 0 aromatic rings. The van der Waals surface area contributed by atoms with Gasteiger partial charge in [0.05, 0.1) is 5.54 Å². The molecule has 1 saturated heterocycles. The molecule has 1 heterocycles. The molecule has 1 aliphatic heterocycles. The number of hydrogen-bond donors (Lipinski definition) is 1. The first-order valence-electron chi connectivity index (χ1n) is 6.14. The third-order valence-corrected chi connectivity index (χ3v) is 3.62. The highest BCUT2D eigenvalue weighted by Crippen LogP contribution is 2.31. The quantitative estimate of drug-likeness (QED) is 0.832. The van der Waals surface area contributed by atoms with E-state index in [0.29, 0.717) is 25.9 Å². The molecule has 106 valence electrons. The Kier molecular flexibility index (Phi) is 4.00. The molecule has 18 heavy (non-hydrogen) atoms. The molecule has 6 heteroatoms. The number of likely N-dealkylation sites (tertiary alicyclic amines) is 1. The minimum absolute atomic E-state index is 0.0973. The van der Waals surface area contributed by atoms with E-state index in [2.05, 4.69) is 10.2 Å². The minimum Gasteiger partial charge on any atom is -0.342 e. The molecular formula is C12H21F3N2O. The van der Waals surface area contributed by atoms with Crippen LogP contribution in [-0.4, -0.2) is 41.2 Å². The summed E-state index contributed by atoms with van der Waals surface area (Å²) in [5, 5.41) is 2.18. The molecule has 0 saturated carbocycles. The van der Waals surface area contributed by atoms with Crippen molar-refractivity contribution in [2.45, 2.75) is 57.8 Å². The predicted octanol–water partition coefficient (Wildman–Crippen LogP) is 2.32. The van der Waals surface area contributed by atoms with Crippen molar-refractivity contribution in [1.82, 2.24) is 10.2 Å². The zero-order chi connectivity index (χ0) is 14.2. The maximum Gasteiger partial charge on any atom is 0.471 e. The lowest BCUT2D eigenvalue weighted by molar-refractivity contribution is -0.175. The maximum atomic E-state index is 12.3. The highest BCUT2D eigenvalue weighted by Gasteiger charge is 2.47. The summed E-state index contributed by atoms with van der Waals surface area (Å²) in [4.78, 5) is 13.2. The van der Waals surface area contributed by atoms with Gasteiger partial charge in [-0.2, -0.15) is 13.2 Å². The van der Waals surface area contributed by atoms with Crippen LogP contribution in [0.3, 0.4) is 0 Å². The highest BCUT2D eigenvalue weighted by molar-refractivity contribution is 5.82. The third-order valence-electron chi connectivity index (χ3n) is 3.62. The van der Waals surface area contributed by atoms with Crippen molar-refractivity contribution in [3.05, 3.63) is 0 Å². The molecule has 1 amide bonds. The lowest BCUT2D eigenvalue weighted by Gasteiger charge is -2.35. The Morgan fingerprint density at radius 3 is 2.22 bits per heavy atom. The summed E-state index contributed by atoms with van der Waals surface area (Å²) in [7, 11) is 0. The molecule has 0 radical (unpaired) electrons. The Morgan fingerprint density at radius 2 is 1.89 bits per heavy atom. The van der Waals surface area contributed by atoms with Crippen molar-refractivity contribution in [2.24, 2.45) is 0 Å². The number of carbonyl (C=O) groups excluding carboxylic acids is 1. The Bertz CT molecular complexity index is 322. The van der Waals surface area contributed by atoms with Crippen molar-refractivity contribution >= 4 is 5.91 Å². The van der Waals surface area contributed by atoms with Gasteiger partial charge in [0.2, 0.25) is 0 Å². The second kappa shape index (κ2) is 4.72. The number of hydrogen-bond acceptors (Lipinski definition) is 2. The lowest BCUT2D eigenvalue weighted by atomic mass is 9.94. The molecule has 1 N–H and O–H groups in total. The molecule has 1 unspecified atom stereocenters. The van der Waals surface area contributed by atoms with E-state index >= 15 is 0 Å². The standard InChI is InChI=1S/C12H21F3N2O/c1-5-11(16-9(18)12(13,14)15)6-7-17(8-11)10(2,3)4/h5-8H2,1-4H3,(H,16,18). The van der Waals surface area contributed by atoms with Crippen molar-refractivity contribution < 1.29 is 18.0 Å². The van der Waals surface area contributed by atoms with Crippen LogP contribution < -0.4 is 5.32 Å². The summed E-state index contributed by atoms with van der Waals surface area (Å²) in [6.07, 6.45) is -3.75. The van der Waals surface area contributed by atoms with Gasteiger partial charge in [-0.1, -0.05) is 6.92 Å². The minimum atomic E-state index is -4.81. The van der Waals surface area contributed by atoms with Crippen molar-refractivity contribution in [2.75, 3.05) is 13.1 Å². The average Bonchev–Trinajstić information content (AvgIpc) is 2.61. The van der Waals surface area contributed by atoms with Gasteiger partial charge in [0.1, 0.15) is 0 Å². The Morgan fingerprint density at radius 1 is 1.33 bits per heavy atom. The number of alkyl halides is 3. The van der Waals surface area contributed by atoms with Crippen LogP contribution in [0, 0.1) is 0 Å². The summed E-state index contributed by atoms with van der Waals surface area (Å²) < 4.78 is 36.9. The molecule has 0 aliphatic carbocycles. The first-order valence-corrected chi connectivity index (χ1v) is 6.14. The predicted molar refractivity (Wildman–Crippen MR) is 63.2 cm³/mol. The van der Waals surface area contributed by atoms with Crippen molar-refractivity contribution in [1.29, 1.82) is 0 Å². The number of rotatable bonds is 2. The van der Waals surface area contributed by atoms with Gasteiger partial charge in [0.25, 0.3) is 0 Å². The number of nitrogens with one attached hydrogen (secondary N) is 1. The van der Waals surface area contributed by atoms with Gasteiger partial charge < -0.3 is 5.32 Å². The summed E-state index contributed by atoms with van der Waals surface area (Å²) in [6.45, 7) is 9.03. The van der Waals surface area contributed by atoms with Gasteiger partial charge in [0, 0.05) is 18.6 Å². The molecule has 1 rings (SSSR count). The summed E-state index contributed by atoms with van der Waals surface area (Å²) >= 11 is 0. The molecule has 1 fully saturated rings. The number of nitrogens with zero attached hydrogens (tertiary/aromatic N) is 1. The van der Waals surface area contributed by atoms with Crippen LogP contribution in [0.25, 0.3) is 0 Å². The van der Waals surface area contributed by atoms with E-state index in [4.69, 9.17) is 0 Å². The number of halogens is 3. The Hall–Kier alpha value is -0.780. The summed E-state index contributed by atoms with van der Waals surface area (Å²) in [5.74, 6) is -1.83. The van der Waals surface area contributed by atoms with Crippen molar-refractivity contribution in [3.63, 3.8) is 0 Å². The van der Waals surface area contributed by atoms with E-state index in [1.807, 2.05) is 27.7 Å². The molecule has 0 aromatic carbocycles. The second-order valence-electron chi connectivity index (χ2n) is 5.93. The van der Waals surface area contributed by atoms with Crippen molar-refractivity contribution in [3.8, 4) is 0 Å². The Balaban J connectivity index is 2.76. The van der Waals surface area contributed by atoms with Gasteiger partial charge >= 0.3 is 12.1 Å². The van der Waals surface area contributed by atoms with Gasteiger partial charge in [0.15, 0.2) is 0 Å².